The summed E-state index contributed by atoms with van der Waals surface area (Å²) in [5.41, 5.74) is 0.864. The number of aromatic nitrogens is 4. The fraction of sp³-hybridized carbons (Fsp3) is 0.364. The average molecular weight is 457 g/mol. The second kappa shape index (κ2) is 7.46. The summed E-state index contributed by atoms with van der Waals surface area (Å²) in [6.07, 6.45) is -2.66. The summed E-state index contributed by atoms with van der Waals surface area (Å²) < 4.78 is 38.9. The molecule has 0 spiro atoms. The summed E-state index contributed by atoms with van der Waals surface area (Å²) in [7, 11) is 0. The van der Waals surface area contributed by atoms with Gasteiger partial charge in [-0.15, -0.1) is 0 Å². The second-order valence-electron chi connectivity index (χ2n) is 8.77. The summed E-state index contributed by atoms with van der Waals surface area (Å²) in [5.74, 6) is 0.375. The van der Waals surface area contributed by atoms with Crippen LogP contribution in [-0.2, 0) is 18.3 Å². The van der Waals surface area contributed by atoms with Crippen LogP contribution in [0.15, 0.2) is 42.6 Å². The van der Waals surface area contributed by atoms with Crippen LogP contribution in [0, 0.1) is 0 Å². The van der Waals surface area contributed by atoms with Crippen LogP contribution in [0.5, 0.6) is 0 Å². The first-order valence-corrected chi connectivity index (χ1v) is 10.5. The van der Waals surface area contributed by atoms with Gasteiger partial charge in [0, 0.05) is 23.7 Å². The standard InChI is InChI=1S/C22H22F3N7O/c1-21(2)17-14(18(31-30-17)29-19-26-9-8-16(28-19)22(23,24)25)11-32(21)20(33)27-15-10-13(15)12-6-4-3-5-7-12/h3-9,13,15H,10-11H2,1-2H3,(H,27,33)(H2,26,28,29,30,31)/t13-,15+/m1/s1. The second-order valence-corrected chi connectivity index (χ2v) is 8.77. The Hall–Kier alpha value is -3.63. The molecule has 2 atom stereocenters. The summed E-state index contributed by atoms with van der Waals surface area (Å²) in [6, 6.07) is 10.7. The quantitative estimate of drug-likeness (QED) is 0.543. The molecular weight excluding hydrogens is 435 g/mol. The van der Waals surface area contributed by atoms with Crippen molar-refractivity contribution in [3.8, 4) is 0 Å². The van der Waals surface area contributed by atoms with Gasteiger partial charge in [-0.3, -0.25) is 5.10 Å². The zero-order valence-corrected chi connectivity index (χ0v) is 17.9. The van der Waals surface area contributed by atoms with Gasteiger partial charge in [0.15, 0.2) is 5.82 Å². The Balaban J connectivity index is 1.30. The highest BCUT2D eigenvalue weighted by molar-refractivity contribution is 5.78. The first kappa shape index (κ1) is 21.2. The maximum atomic E-state index is 13.1. The van der Waals surface area contributed by atoms with Crippen molar-refractivity contribution in [2.75, 3.05) is 5.32 Å². The number of carbonyl (C=O) groups is 1. The van der Waals surface area contributed by atoms with Gasteiger partial charge in [0.2, 0.25) is 5.95 Å². The number of aromatic amines is 1. The first-order chi connectivity index (χ1) is 15.6. The molecule has 8 nitrogen and oxygen atoms in total. The topological polar surface area (TPSA) is 98.8 Å². The Bertz CT molecular complexity index is 1190. The van der Waals surface area contributed by atoms with Crippen molar-refractivity contribution in [3.63, 3.8) is 0 Å². The van der Waals surface area contributed by atoms with E-state index < -0.39 is 17.4 Å². The van der Waals surface area contributed by atoms with Gasteiger partial charge < -0.3 is 15.5 Å². The number of nitrogens with zero attached hydrogens (tertiary/aromatic N) is 4. The van der Waals surface area contributed by atoms with Crippen molar-refractivity contribution < 1.29 is 18.0 Å². The lowest BCUT2D eigenvalue weighted by molar-refractivity contribution is -0.141. The monoisotopic (exact) mass is 457 g/mol. The number of fused-ring (bicyclic) bond motifs is 1. The lowest BCUT2D eigenvalue weighted by Crippen LogP contribution is -2.47. The summed E-state index contributed by atoms with van der Waals surface area (Å²) >= 11 is 0. The summed E-state index contributed by atoms with van der Waals surface area (Å²) in [6.45, 7) is 4.03. The molecule has 0 unspecified atom stereocenters. The molecule has 2 amide bonds. The molecule has 172 valence electrons. The van der Waals surface area contributed by atoms with Gasteiger partial charge in [0.25, 0.3) is 0 Å². The number of amides is 2. The number of hydrogen-bond donors (Lipinski definition) is 3. The van der Waals surface area contributed by atoms with E-state index in [0.29, 0.717) is 23.0 Å². The minimum atomic E-state index is -4.58. The van der Waals surface area contributed by atoms with E-state index in [9.17, 15) is 18.0 Å². The van der Waals surface area contributed by atoms with E-state index in [-0.39, 0.29) is 24.6 Å². The number of rotatable bonds is 4. The molecule has 3 heterocycles. The SMILES string of the molecule is CC1(C)c2[nH]nc(Nc3nccc(C(F)(F)F)n3)c2CN1C(=O)N[C@H]1C[C@@H]1c1ccccc1. The maximum Gasteiger partial charge on any atom is 0.433 e. The normalized spacial score (nSPS) is 20.9. The smallest absolute Gasteiger partial charge is 0.335 e. The van der Waals surface area contributed by atoms with Crippen LogP contribution in [0.25, 0.3) is 0 Å². The number of alkyl halides is 3. The van der Waals surface area contributed by atoms with Gasteiger partial charge in [0.05, 0.1) is 17.8 Å². The van der Waals surface area contributed by atoms with E-state index in [4.69, 9.17) is 0 Å². The van der Waals surface area contributed by atoms with Crippen LogP contribution in [0.1, 0.15) is 48.7 Å². The van der Waals surface area contributed by atoms with Crippen molar-refractivity contribution in [2.45, 2.75) is 50.5 Å². The van der Waals surface area contributed by atoms with Gasteiger partial charge in [-0.25, -0.2) is 14.8 Å². The molecule has 0 radical (unpaired) electrons. The number of carbonyl (C=O) groups excluding carboxylic acids is 1. The third-order valence-electron chi connectivity index (χ3n) is 6.22. The number of benzene rings is 1. The molecule has 1 fully saturated rings. The largest absolute Gasteiger partial charge is 0.433 e. The number of hydrogen-bond acceptors (Lipinski definition) is 5. The minimum Gasteiger partial charge on any atom is -0.335 e. The number of halogens is 3. The number of urea groups is 1. The Kier molecular flexibility index (Phi) is 4.80. The Morgan fingerprint density at radius 1 is 1.21 bits per heavy atom. The third-order valence-corrected chi connectivity index (χ3v) is 6.22. The van der Waals surface area contributed by atoms with E-state index in [0.717, 1.165) is 18.7 Å². The highest BCUT2D eigenvalue weighted by Crippen LogP contribution is 2.43. The van der Waals surface area contributed by atoms with E-state index in [1.807, 2.05) is 32.0 Å². The fourth-order valence-corrected chi connectivity index (χ4v) is 4.29. The summed E-state index contributed by atoms with van der Waals surface area (Å²) in [4.78, 5) is 22.2. The molecule has 0 saturated heterocycles. The molecule has 1 aliphatic heterocycles. The molecule has 0 bridgehead atoms. The van der Waals surface area contributed by atoms with Crippen molar-refractivity contribution in [3.05, 3.63) is 65.1 Å². The lowest BCUT2D eigenvalue weighted by Gasteiger charge is -2.32. The molecule has 2 aromatic heterocycles. The van der Waals surface area contributed by atoms with Crippen molar-refractivity contribution in [1.29, 1.82) is 0 Å². The van der Waals surface area contributed by atoms with Gasteiger partial charge in [-0.05, 0) is 31.9 Å². The fourth-order valence-electron chi connectivity index (χ4n) is 4.29. The van der Waals surface area contributed by atoms with Crippen molar-refractivity contribution in [1.82, 2.24) is 30.4 Å². The molecule has 33 heavy (non-hydrogen) atoms. The van der Waals surface area contributed by atoms with Crippen LogP contribution in [-0.4, -0.2) is 37.1 Å². The molecule has 1 aliphatic carbocycles. The minimum absolute atomic E-state index is 0.0730. The Labute approximate surface area is 187 Å². The van der Waals surface area contributed by atoms with Gasteiger partial charge >= 0.3 is 12.2 Å². The molecule has 3 N–H and O–H groups in total. The third kappa shape index (κ3) is 3.87. The molecule has 3 aromatic rings. The van der Waals surface area contributed by atoms with Crippen LogP contribution in [0.3, 0.4) is 0 Å². The Morgan fingerprint density at radius 2 is 1.97 bits per heavy atom. The highest BCUT2D eigenvalue weighted by atomic mass is 19.4. The first-order valence-electron chi connectivity index (χ1n) is 10.5. The molecule has 2 aliphatic rings. The number of nitrogens with one attached hydrogen (secondary N) is 3. The molecular formula is C22H22F3N7O. The number of H-pyrrole nitrogens is 1. The van der Waals surface area contributed by atoms with E-state index in [1.165, 1.54) is 5.56 Å². The van der Waals surface area contributed by atoms with E-state index >= 15 is 0 Å². The maximum absolute atomic E-state index is 13.1. The van der Waals surface area contributed by atoms with Gasteiger partial charge in [0.1, 0.15) is 5.69 Å². The zero-order chi connectivity index (χ0) is 23.4. The lowest BCUT2D eigenvalue weighted by atomic mass is 10.0. The molecule has 1 aromatic carbocycles. The van der Waals surface area contributed by atoms with E-state index in [2.05, 4.69) is 42.9 Å². The predicted molar refractivity (Wildman–Crippen MR) is 114 cm³/mol. The van der Waals surface area contributed by atoms with Crippen LogP contribution >= 0.6 is 0 Å². The van der Waals surface area contributed by atoms with E-state index in [1.54, 1.807) is 4.90 Å². The van der Waals surface area contributed by atoms with Crippen molar-refractivity contribution >= 4 is 17.8 Å². The van der Waals surface area contributed by atoms with Gasteiger partial charge in [-0.1, -0.05) is 30.3 Å². The molecule has 11 heteroatoms. The van der Waals surface area contributed by atoms with Crippen LogP contribution < -0.4 is 10.6 Å². The average Bonchev–Trinajstić information content (AvgIpc) is 3.33. The molecule has 1 saturated carbocycles. The van der Waals surface area contributed by atoms with Gasteiger partial charge in [-0.2, -0.15) is 18.3 Å². The highest BCUT2D eigenvalue weighted by Gasteiger charge is 2.47. The number of anilines is 2. The zero-order valence-electron chi connectivity index (χ0n) is 17.9. The van der Waals surface area contributed by atoms with Crippen molar-refractivity contribution in [2.24, 2.45) is 0 Å². The summed E-state index contributed by atoms with van der Waals surface area (Å²) in [5, 5.41) is 13.0. The van der Waals surface area contributed by atoms with Crippen LogP contribution in [0.2, 0.25) is 0 Å². The Morgan fingerprint density at radius 3 is 2.70 bits per heavy atom. The predicted octanol–water partition coefficient (Wildman–Crippen LogP) is 4.28. The molecule has 5 rings (SSSR count). The van der Waals surface area contributed by atoms with Crippen LogP contribution in [0.4, 0.5) is 29.7 Å².